The van der Waals surface area contributed by atoms with Gasteiger partial charge in [-0.2, -0.15) is 0 Å². The molecule has 0 radical (unpaired) electrons. The maximum absolute atomic E-state index is 11.9. The number of benzene rings is 1. The molecule has 3 rings (SSSR count). The van der Waals surface area contributed by atoms with Gasteiger partial charge in [0.25, 0.3) is 0 Å². The molecule has 2 heterocycles. The molecule has 1 aromatic heterocycles. The molecule has 0 bridgehead atoms. The van der Waals surface area contributed by atoms with E-state index in [2.05, 4.69) is 15.6 Å². The standard InChI is InChI=1S/C21H31N3O2/c25-20(23-14-5-1-2-7-17-12-15-22-16-13-17)10-6-11-21-24-18-8-3-4-9-19(18)26-21/h3-4,8-9,17,22H,1-2,5-7,10-16H2,(H,23,25). The number of rotatable bonds is 10. The molecule has 0 aliphatic carbocycles. The van der Waals surface area contributed by atoms with Crippen molar-refractivity contribution in [2.75, 3.05) is 19.6 Å². The Morgan fingerprint density at radius 1 is 1.15 bits per heavy atom. The van der Waals surface area contributed by atoms with Gasteiger partial charge in [0, 0.05) is 19.4 Å². The number of hydrogen-bond donors (Lipinski definition) is 2. The molecular weight excluding hydrogens is 326 g/mol. The third kappa shape index (κ3) is 6.13. The van der Waals surface area contributed by atoms with Gasteiger partial charge in [-0.15, -0.1) is 0 Å². The lowest BCUT2D eigenvalue weighted by atomic mass is 9.92. The normalized spacial score (nSPS) is 15.4. The largest absolute Gasteiger partial charge is 0.441 e. The van der Waals surface area contributed by atoms with Gasteiger partial charge in [0.05, 0.1) is 0 Å². The number of nitrogens with one attached hydrogen (secondary N) is 2. The molecule has 2 N–H and O–H groups in total. The van der Waals surface area contributed by atoms with Gasteiger partial charge in [0.1, 0.15) is 5.52 Å². The SMILES string of the molecule is O=C(CCCc1nc2ccccc2o1)NCCCCCC1CCNCC1. The van der Waals surface area contributed by atoms with Crippen LogP contribution >= 0.6 is 0 Å². The molecule has 1 aliphatic heterocycles. The van der Waals surface area contributed by atoms with Gasteiger partial charge < -0.3 is 15.1 Å². The van der Waals surface area contributed by atoms with Crippen molar-refractivity contribution in [3.63, 3.8) is 0 Å². The summed E-state index contributed by atoms with van der Waals surface area (Å²) in [5.74, 6) is 1.77. The van der Waals surface area contributed by atoms with Crippen molar-refractivity contribution < 1.29 is 9.21 Å². The molecule has 0 atom stereocenters. The Morgan fingerprint density at radius 2 is 2.00 bits per heavy atom. The van der Waals surface area contributed by atoms with E-state index in [9.17, 15) is 4.79 Å². The minimum absolute atomic E-state index is 0.138. The Kier molecular flexibility index (Phi) is 7.50. The number of para-hydroxylation sites is 2. The van der Waals surface area contributed by atoms with Crippen LogP contribution in [0.2, 0.25) is 0 Å². The van der Waals surface area contributed by atoms with Crippen molar-refractivity contribution in [2.24, 2.45) is 5.92 Å². The summed E-state index contributed by atoms with van der Waals surface area (Å²) in [7, 11) is 0. The van der Waals surface area contributed by atoms with E-state index in [-0.39, 0.29) is 5.91 Å². The van der Waals surface area contributed by atoms with Crippen LogP contribution in [0, 0.1) is 5.92 Å². The molecule has 0 unspecified atom stereocenters. The molecular formula is C21H31N3O2. The molecule has 1 amide bonds. The lowest BCUT2D eigenvalue weighted by Crippen LogP contribution is -2.27. The molecule has 2 aromatic rings. The first kappa shape index (κ1) is 18.9. The summed E-state index contributed by atoms with van der Waals surface area (Å²) in [6.45, 7) is 3.17. The topological polar surface area (TPSA) is 67.2 Å². The van der Waals surface area contributed by atoms with E-state index < -0.39 is 0 Å². The van der Waals surface area contributed by atoms with Gasteiger partial charge >= 0.3 is 0 Å². The maximum atomic E-state index is 11.9. The van der Waals surface area contributed by atoms with Crippen LogP contribution in [0.25, 0.3) is 11.1 Å². The first-order valence-electron chi connectivity index (χ1n) is 10.1. The first-order valence-corrected chi connectivity index (χ1v) is 10.1. The van der Waals surface area contributed by atoms with Crippen LogP contribution in [0.1, 0.15) is 57.3 Å². The highest BCUT2D eigenvalue weighted by molar-refractivity contribution is 5.75. The van der Waals surface area contributed by atoms with Gasteiger partial charge in [0.15, 0.2) is 11.5 Å². The zero-order valence-electron chi connectivity index (χ0n) is 15.6. The fraction of sp³-hybridized carbons (Fsp3) is 0.619. The summed E-state index contributed by atoms with van der Waals surface area (Å²) >= 11 is 0. The lowest BCUT2D eigenvalue weighted by molar-refractivity contribution is -0.121. The van der Waals surface area contributed by atoms with Crippen LogP contribution < -0.4 is 10.6 Å². The van der Waals surface area contributed by atoms with Crippen molar-refractivity contribution >= 4 is 17.0 Å². The molecule has 5 heteroatoms. The third-order valence-corrected chi connectivity index (χ3v) is 5.20. The number of hydrogen-bond acceptors (Lipinski definition) is 4. The zero-order chi connectivity index (χ0) is 18.0. The average Bonchev–Trinajstić information content (AvgIpc) is 3.08. The second-order valence-corrected chi connectivity index (χ2v) is 7.32. The molecule has 1 saturated heterocycles. The minimum Gasteiger partial charge on any atom is -0.441 e. The summed E-state index contributed by atoms with van der Waals surface area (Å²) in [5, 5.41) is 6.45. The smallest absolute Gasteiger partial charge is 0.220 e. The summed E-state index contributed by atoms with van der Waals surface area (Å²) in [6.07, 6.45) is 9.61. The van der Waals surface area contributed by atoms with Gasteiger partial charge in [-0.25, -0.2) is 4.98 Å². The zero-order valence-corrected chi connectivity index (χ0v) is 15.6. The molecule has 0 saturated carbocycles. The van der Waals surface area contributed by atoms with E-state index in [4.69, 9.17) is 4.42 Å². The second-order valence-electron chi connectivity index (χ2n) is 7.32. The van der Waals surface area contributed by atoms with E-state index >= 15 is 0 Å². The number of fused-ring (bicyclic) bond motifs is 1. The minimum atomic E-state index is 0.138. The monoisotopic (exact) mass is 357 g/mol. The predicted octanol–water partition coefficient (Wildman–Crippen LogP) is 3.83. The quantitative estimate of drug-likeness (QED) is 0.634. The van der Waals surface area contributed by atoms with E-state index in [0.717, 1.165) is 42.3 Å². The number of aryl methyl sites for hydroxylation is 1. The number of unbranched alkanes of at least 4 members (excludes halogenated alkanes) is 2. The van der Waals surface area contributed by atoms with Gasteiger partial charge in [-0.05, 0) is 56.8 Å². The Hall–Kier alpha value is -1.88. The summed E-state index contributed by atoms with van der Waals surface area (Å²) < 4.78 is 5.68. The van der Waals surface area contributed by atoms with Crippen LogP contribution in [0.3, 0.4) is 0 Å². The fourth-order valence-corrected chi connectivity index (χ4v) is 3.65. The molecule has 26 heavy (non-hydrogen) atoms. The van der Waals surface area contributed by atoms with Crippen molar-refractivity contribution in [1.29, 1.82) is 0 Å². The Morgan fingerprint density at radius 3 is 2.85 bits per heavy atom. The number of amides is 1. The number of piperidine rings is 1. The number of aromatic nitrogens is 1. The van der Waals surface area contributed by atoms with E-state index in [1.165, 1.54) is 45.2 Å². The van der Waals surface area contributed by atoms with Crippen LogP contribution in [0.4, 0.5) is 0 Å². The van der Waals surface area contributed by atoms with Crippen LogP contribution in [0.5, 0.6) is 0 Å². The predicted molar refractivity (Wildman–Crippen MR) is 104 cm³/mol. The van der Waals surface area contributed by atoms with Crippen molar-refractivity contribution in [3.05, 3.63) is 30.2 Å². The van der Waals surface area contributed by atoms with Crippen LogP contribution in [-0.2, 0) is 11.2 Å². The average molecular weight is 357 g/mol. The molecule has 1 fully saturated rings. The first-order chi connectivity index (χ1) is 12.8. The van der Waals surface area contributed by atoms with Crippen molar-refractivity contribution in [1.82, 2.24) is 15.6 Å². The van der Waals surface area contributed by atoms with Crippen LogP contribution in [0.15, 0.2) is 28.7 Å². The van der Waals surface area contributed by atoms with E-state index in [1.807, 2.05) is 24.3 Å². The highest BCUT2D eigenvalue weighted by atomic mass is 16.3. The Balaban J connectivity index is 1.21. The molecule has 0 spiro atoms. The second kappa shape index (κ2) is 10.3. The van der Waals surface area contributed by atoms with Crippen molar-refractivity contribution in [2.45, 2.75) is 57.8 Å². The molecule has 142 valence electrons. The van der Waals surface area contributed by atoms with Gasteiger partial charge in [-0.1, -0.05) is 31.4 Å². The van der Waals surface area contributed by atoms with Gasteiger partial charge in [-0.3, -0.25) is 4.79 Å². The maximum Gasteiger partial charge on any atom is 0.220 e. The molecule has 5 nitrogen and oxygen atoms in total. The van der Waals surface area contributed by atoms with Crippen molar-refractivity contribution in [3.8, 4) is 0 Å². The Labute approximate surface area is 155 Å². The highest BCUT2D eigenvalue weighted by Gasteiger charge is 2.12. The summed E-state index contributed by atoms with van der Waals surface area (Å²) in [4.78, 5) is 16.4. The lowest BCUT2D eigenvalue weighted by Gasteiger charge is -2.22. The number of oxazole rings is 1. The third-order valence-electron chi connectivity index (χ3n) is 5.20. The summed E-state index contributed by atoms with van der Waals surface area (Å²) in [5.41, 5.74) is 1.70. The van der Waals surface area contributed by atoms with E-state index in [0.29, 0.717) is 12.8 Å². The highest BCUT2D eigenvalue weighted by Crippen LogP contribution is 2.19. The summed E-state index contributed by atoms with van der Waals surface area (Å²) in [6, 6.07) is 7.76. The molecule has 1 aromatic carbocycles. The Bertz CT molecular complexity index is 644. The van der Waals surface area contributed by atoms with Crippen LogP contribution in [-0.4, -0.2) is 30.5 Å². The number of carbonyl (C=O) groups excluding carboxylic acids is 1. The molecule has 1 aliphatic rings. The number of nitrogens with zero attached hydrogens (tertiary/aromatic N) is 1. The fourth-order valence-electron chi connectivity index (χ4n) is 3.65. The van der Waals surface area contributed by atoms with E-state index in [1.54, 1.807) is 0 Å². The number of carbonyl (C=O) groups is 1. The van der Waals surface area contributed by atoms with Gasteiger partial charge in [0.2, 0.25) is 5.91 Å².